The highest BCUT2D eigenvalue weighted by molar-refractivity contribution is 8.02. The molecular formula is C18H14Cl2N2S2. The summed E-state index contributed by atoms with van der Waals surface area (Å²) < 4.78 is 0. The van der Waals surface area contributed by atoms with E-state index in [2.05, 4.69) is 0 Å². The smallest absolute Gasteiger partial charge is 0.0571 e. The van der Waals surface area contributed by atoms with Crippen LogP contribution >= 0.6 is 46.7 Å². The van der Waals surface area contributed by atoms with E-state index in [-0.39, 0.29) is 0 Å². The van der Waals surface area contributed by atoms with Crippen molar-refractivity contribution in [3.8, 4) is 0 Å². The van der Waals surface area contributed by atoms with Gasteiger partial charge in [-0.1, -0.05) is 71.0 Å². The lowest BCUT2D eigenvalue weighted by Gasteiger charge is -2.13. The Balaban J connectivity index is 2.02. The molecular weight excluding hydrogens is 379 g/mol. The molecule has 0 fully saturated rings. The molecule has 2 nitrogen and oxygen atoms in total. The number of para-hydroxylation sites is 2. The summed E-state index contributed by atoms with van der Waals surface area (Å²) in [6, 6.07) is 19.0. The molecule has 24 heavy (non-hydrogen) atoms. The lowest BCUT2D eigenvalue weighted by Crippen LogP contribution is -1.90. The van der Waals surface area contributed by atoms with E-state index in [1.165, 1.54) is 23.5 Å². The maximum Gasteiger partial charge on any atom is 0.0571 e. The van der Waals surface area contributed by atoms with Crippen molar-refractivity contribution in [3.05, 3.63) is 70.7 Å². The van der Waals surface area contributed by atoms with Crippen LogP contribution in [0.25, 0.3) is 0 Å². The predicted octanol–water partition coefficient (Wildman–Crippen LogP) is 6.46. The highest BCUT2D eigenvalue weighted by Gasteiger charge is 2.14. The number of benzene rings is 3. The minimum absolute atomic E-state index is 0.586. The van der Waals surface area contributed by atoms with Gasteiger partial charge in [0.05, 0.1) is 5.02 Å². The zero-order valence-corrected chi connectivity index (χ0v) is 15.6. The van der Waals surface area contributed by atoms with Crippen LogP contribution in [0.15, 0.2) is 80.2 Å². The van der Waals surface area contributed by atoms with Crippen LogP contribution in [0.3, 0.4) is 0 Å². The van der Waals surface area contributed by atoms with Gasteiger partial charge in [0, 0.05) is 36.0 Å². The number of nitrogens with two attached hydrogens (primary N) is 2. The Hall–Kier alpha value is -1.46. The molecule has 0 saturated carbocycles. The first-order valence-electron chi connectivity index (χ1n) is 7.08. The highest BCUT2D eigenvalue weighted by Crippen LogP contribution is 2.46. The van der Waals surface area contributed by atoms with Gasteiger partial charge in [-0.15, -0.1) is 0 Å². The summed E-state index contributed by atoms with van der Waals surface area (Å²) in [5.41, 5.74) is 13.5. The molecule has 4 N–H and O–H groups in total. The summed E-state index contributed by atoms with van der Waals surface area (Å²) >= 11 is 15.7. The SMILES string of the molecule is Nc1ccccc1Sc1cc(Cl)cc(Cl)c1Sc1ccccc1N. The number of hydrogen-bond acceptors (Lipinski definition) is 4. The molecule has 3 rings (SSSR count). The topological polar surface area (TPSA) is 52.0 Å². The zero-order valence-electron chi connectivity index (χ0n) is 12.5. The van der Waals surface area contributed by atoms with E-state index in [4.69, 9.17) is 34.7 Å². The minimum atomic E-state index is 0.586. The first-order valence-corrected chi connectivity index (χ1v) is 9.47. The monoisotopic (exact) mass is 392 g/mol. The lowest BCUT2D eigenvalue weighted by atomic mass is 10.3. The Morgan fingerprint density at radius 2 is 1.21 bits per heavy atom. The van der Waals surface area contributed by atoms with Gasteiger partial charge in [-0.2, -0.15) is 0 Å². The average Bonchev–Trinajstić information content (AvgIpc) is 2.54. The van der Waals surface area contributed by atoms with Crippen molar-refractivity contribution in [2.75, 3.05) is 11.5 Å². The van der Waals surface area contributed by atoms with Crippen LogP contribution < -0.4 is 11.5 Å². The normalized spacial score (nSPS) is 10.8. The molecule has 0 aliphatic rings. The van der Waals surface area contributed by atoms with Crippen LogP contribution in [0.2, 0.25) is 10.0 Å². The maximum absolute atomic E-state index is 6.45. The third kappa shape index (κ3) is 3.95. The van der Waals surface area contributed by atoms with Crippen LogP contribution in [0.5, 0.6) is 0 Å². The van der Waals surface area contributed by atoms with Crippen LogP contribution in [-0.4, -0.2) is 0 Å². The van der Waals surface area contributed by atoms with E-state index in [0.717, 1.165) is 19.6 Å². The fourth-order valence-electron chi connectivity index (χ4n) is 2.09. The second-order valence-electron chi connectivity index (χ2n) is 4.99. The molecule has 0 aromatic heterocycles. The van der Waals surface area contributed by atoms with Crippen LogP contribution in [0.1, 0.15) is 0 Å². The molecule has 0 aliphatic heterocycles. The van der Waals surface area contributed by atoms with E-state index in [1.54, 1.807) is 6.07 Å². The molecule has 122 valence electrons. The third-order valence-corrected chi connectivity index (χ3v) is 6.37. The second-order valence-corrected chi connectivity index (χ2v) is 7.97. The van der Waals surface area contributed by atoms with Gasteiger partial charge >= 0.3 is 0 Å². The van der Waals surface area contributed by atoms with Crippen molar-refractivity contribution in [2.45, 2.75) is 19.6 Å². The number of nitrogen functional groups attached to an aromatic ring is 2. The van der Waals surface area contributed by atoms with E-state index >= 15 is 0 Å². The van der Waals surface area contributed by atoms with Gasteiger partial charge in [0.15, 0.2) is 0 Å². The van der Waals surface area contributed by atoms with Crippen molar-refractivity contribution in [3.63, 3.8) is 0 Å². The maximum atomic E-state index is 6.45. The average molecular weight is 393 g/mol. The van der Waals surface area contributed by atoms with Crippen molar-refractivity contribution in [1.29, 1.82) is 0 Å². The Bertz CT molecular complexity index is 885. The van der Waals surface area contributed by atoms with E-state index < -0.39 is 0 Å². The van der Waals surface area contributed by atoms with Crippen molar-refractivity contribution >= 4 is 58.1 Å². The summed E-state index contributed by atoms with van der Waals surface area (Å²) in [5.74, 6) is 0. The van der Waals surface area contributed by atoms with Gasteiger partial charge < -0.3 is 11.5 Å². The molecule has 3 aromatic rings. The number of halogens is 2. The largest absolute Gasteiger partial charge is 0.398 e. The third-order valence-electron chi connectivity index (χ3n) is 3.24. The first kappa shape index (κ1) is 17.4. The van der Waals surface area contributed by atoms with Crippen molar-refractivity contribution < 1.29 is 0 Å². The molecule has 0 atom stereocenters. The fourth-order valence-corrected chi connectivity index (χ4v) is 4.89. The van der Waals surface area contributed by atoms with Crippen LogP contribution in [-0.2, 0) is 0 Å². The van der Waals surface area contributed by atoms with Crippen LogP contribution in [0, 0.1) is 0 Å². The molecule has 0 radical (unpaired) electrons. The van der Waals surface area contributed by atoms with Gasteiger partial charge in [-0.3, -0.25) is 0 Å². The van der Waals surface area contributed by atoms with Gasteiger partial charge in [0.1, 0.15) is 0 Å². The Morgan fingerprint density at radius 3 is 1.79 bits per heavy atom. The summed E-state index contributed by atoms with van der Waals surface area (Å²) in [5, 5.41) is 1.18. The molecule has 0 heterocycles. The quantitative estimate of drug-likeness (QED) is 0.500. The zero-order chi connectivity index (χ0) is 17.1. The van der Waals surface area contributed by atoms with E-state index in [1.807, 2.05) is 54.6 Å². The van der Waals surface area contributed by atoms with Crippen molar-refractivity contribution in [1.82, 2.24) is 0 Å². The number of anilines is 2. The number of hydrogen-bond donors (Lipinski definition) is 2. The van der Waals surface area contributed by atoms with Crippen LogP contribution in [0.4, 0.5) is 11.4 Å². The molecule has 6 heteroatoms. The second kappa shape index (κ2) is 7.62. The lowest BCUT2D eigenvalue weighted by molar-refractivity contribution is 1.23. The summed E-state index contributed by atoms with van der Waals surface area (Å²) in [7, 11) is 0. The van der Waals surface area contributed by atoms with E-state index in [9.17, 15) is 0 Å². The fraction of sp³-hybridized carbons (Fsp3) is 0. The molecule has 0 aliphatic carbocycles. The Kier molecular flexibility index (Phi) is 5.51. The van der Waals surface area contributed by atoms with Gasteiger partial charge in [-0.25, -0.2) is 0 Å². The summed E-state index contributed by atoms with van der Waals surface area (Å²) in [6.45, 7) is 0. The molecule has 0 saturated heterocycles. The van der Waals surface area contributed by atoms with Crippen molar-refractivity contribution in [2.24, 2.45) is 0 Å². The molecule has 0 bridgehead atoms. The van der Waals surface area contributed by atoms with E-state index in [0.29, 0.717) is 21.4 Å². The summed E-state index contributed by atoms with van der Waals surface area (Å²) in [4.78, 5) is 3.76. The molecule has 3 aromatic carbocycles. The molecule has 0 unspecified atom stereocenters. The van der Waals surface area contributed by atoms with Gasteiger partial charge in [-0.05, 0) is 36.4 Å². The number of rotatable bonds is 4. The molecule has 0 amide bonds. The minimum Gasteiger partial charge on any atom is -0.398 e. The van der Waals surface area contributed by atoms with Gasteiger partial charge in [0.2, 0.25) is 0 Å². The predicted molar refractivity (Wildman–Crippen MR) is 106 cm³/mol. The highest BCUT2D eigenvalue weighted by atomic mass is 35.5. The van der Waals surface area contributed by atoms with Gasteiger partial charge in [0.25, 0.3) is 0 Å². The molecule has 0 spiro atoms. The Labute approximate surface area is 159 Å². The Morgan fingerprint density at radius 1 is 0.667 bits per heavy atom. The first-order chi connectivity index (χ1) is 11.5. The standard InChI is InChI=1S/C18H14Cl2N2S2/c19-11-9-12(20)18(24-16-8-4-2-6-14(16)22)17(10-11)23-15-7-3-1-5-13(15)21/h1-10H,21-22H2. The summed E-state index contributed by atoms with van der Waals surface area (Å²) in [6.07, 6.45) is 0.